The fourth-order valence-corrected chi connectivity index (χ4v) is 2.62. The maximum atomic E-state index is 12.3. The lowest BCUT2D eigenvalue weighted by molar-refractivity contribution is 0.0698. The lowest BCUT2D eigenvalue weighted by Crippen LogP contribution is -2.16. The van der Waals surface area contributed by atoms with Crippen molar-refractivity contribution in [3.63, 3.8) is 0 Å². The Hall–Kier alpha value is -2.82. The molecule has 21 heavy (non-hydrogen) atoms. The Morgan fingerprint density at radius 2 is 1.95 bits per heavy atom. The van der Waals surface area contributed by atoms with Gasteiger partial charge in [0.2, 0.25) is 0 Å². The number of hydrogen-bond donors (Lipinski definition) is 2. The molecule has 3 aromatic rings. The fraction of sp³-hybridized carbons (Fsp3) is 0.125. The van der Waals surface area contributed by atoms with E-state index in [4.69, 9.17) is 0 Å². The molecule has 0 saturated carbocycles. The number of H-pyrrole nitrogens is 1. The number of nitrogens with one attached hydrogen (secondary N) is 1. The van der Waals surface area contributed by atoms with Gasteiger partial charge in [0.15, 0.2) is 0 Å². The molecule has 1 aromatic heterocycles. The van der Waals surface area contributed by atoms with Crippen LogP contribution in [0.25, 0.3) is 16.7 Å². The summed E-state index contributed by atoms with van der Waals surface area (Å²) in [6.07, 6.45) is 0. The average molecular weight is 282 g/mol. The summed E-state index contributed by atoms with van der Waals surface area (Å²) in [6.45, 7) is 3.87. The van der Waals surface area contributed by atoms with E-state index in [2.05, 4.69) is 4.98 Å². The summed E-state index contributed by atoms with van der Waals surface area (Å²) in [7, 11) is 0. The molecular weight excluding hydrogens is 268 g/mol. The third-order valence-corrected chi connectivity index (χ3v) is 3.53. The summed E-state index contributed by atoms with van der Waals surface area (Å²) >= 11 is 0. The molecule has 0 unspecified atom stereocenters. The molecule has 0 aliphatic heterocycles. The average Bonchev–Trinajstić information content (AvgIpc) is 2.74. The van der Waals surface area contributed by atoms with Crippen LogP contribution in [0.2, 0.25) is 0 Å². The first-order chi connectivity index (χ1) is 9.99. The molecule has 0 atom stereocenters. The maximum absolute atomic E-state index is 12.3. The molecule has 5 nitrogen and oxygen atoms in total. The smallest absolute Gasteiger partial charge is 0.337 e. The number of para-hydroxylation sites is 1. The van der Waals surface area contributed by atoms with Gasteiger partial charge in [-0.1, -0.05) is 23.8 Å². The van der Waals surface area contributed by atoms with E-state index in [1.807, 2.05) is 32.0 Å². The molecule has 0 aliphatic rings. The maximum Gasteiger partial charge on any atom is 0.337 e. The molecule has 0 fully saturated rings. The van der Waals surface area contributed by atoms with Crippen LogP contribution >= 0.6 is 0 Å². The second kappa shape index (κ2) is 4.63. The zero-order chi connectivity index (χ0) is 15.1. The standard InChI is InChI=1S/C16H14N2O3/c1-9-6-7-13(10(2)8-9)18-14-11(15(19)20)4-3-5-12(14)17-16(18)21/h3-8H,1-2H3,(H,17,21)(H,19,20). The molecule has 2 aromatic carbocycles. The Morgan fingerprint density at radius 3 is 2.62 bits per heavy atom. The molecule has 5 heteroatoms. The zero-order valence-electron chi connectivity index (χ0n) is 11.7. The van der Waals surface area contributed by atoms with E-state index in [0.717, 1.165) is 11.1 Å². The topological polar surface area (TPSA) is 75.1 Å². The van der Waals surface area contributed by atoms with Gasteiger partial charge in [-0.05, 0) is 37.6 Å². The van der Waals surface area contributed by atoms with Crippen molar-refractivity contribution in [3.05, 3.63) is 63.6 Å². The number of carboxylic acids is 1. The summed E-state index contributed by atoms with van der Waals surface area (Å²) < 4.78 is 1.42. The largest absolute Gasteiger partial charge is 0.478 e. The number of fused-ring (bicyclic) bond motifs is 1. The Balaban J connectivity index is 2.45. The van der Waals surface area contributed by atoms with E-state index in [1.165, 1.54) is 10.6 Å². The summed E-state index contributed by atoms with van der Waals surface area (Å²) in [5.74, 6) is -1.06. The minimum absolute atomic E-state index is 0.103. The number of aromatic carboxylic acids is 1. The van der Waals surface area contributed by atoms with Crippen LogP contribution in [-0.2, 0) is 0 Å². The van der Waals surface area contributed by atoms with Gasteiger partial charge in [0.05, 0.1) is 22.3 Å². The van der Waals surface area contributed by atoms with E-state index in [-0.39, 0.29) is 11.3 Å². The molecule has 0 spiro atoms. The van der Waals surface area contributed by atoms with Crippen LogP contribution < -0.4 is 5.69 Å². The van der Waals surface area contributed by atoms with Crippen LogP contribution in [0, 0.1) is 13.8 Å². The van der Waals surface area contributed by atoms with Gasteiger partial charge in [-0.15, -0.1) is 0 Å². The van der Waals surface area contributed by atoms with E-state index in [9.17, 15) is 14.7 Å². The van der Waals surface area contributed by atoms with Crippen molar-refractivity contribution in [2.75, 3.05) is 0 Å². The second-order valence-corrected chi connectivity index (χ2v) is 5.06. The van der Waals surface area contributed by atoms with Crippen LogP contribution in [0.15, 0.2) is 41.2 Å². The number of aryl methyl sites for hydroxylation is 2. The lowest BCUT2D eigenvalue weighted by atomic mass is 10.1. The predicted octanol–water partition coefficient (Wildman–Crippen LogP) is 2.63. The van der Waals surface area contributed by atoms with Gasteiger partial charge in [-0.3, -0.25) is 4.57 Å². The number of aromatic amines is 1. The highest BCUT2D eigenvalue weighted by Crippen LogP contribution is 2.22. The van der Waals surface area contributed by atoms with E-state index in [0.29, 0.717) is 16.7 Å². The van der Waals surface area contributed by atoms with Crippen LogP contribution in [0.3, 0.4) is 0 Å². The first-order valence-corrected chi connectivity index (χ1v) is 6.53. The Morgan fingerprint density at radius 1 is 1.19 bits per heavy atom. The highest BCUT2D eigenvalue weighted by Gasteiger charge is 2.17. The number of rotatable bonds is 2. The van der Waals surface area contributed by atoms with Gasteiger partial charge in [0.1, 0.15) is 0 Å². The van der Waals surface area contributed by atoms with Gasteiger partial charge in [0.25, 0.3) is 0 Å². The van der Waals surface area contributed by atoms with Crippen LogP contribution in [-0.4, -0.2) is 20.6 Å². The monoisotopic (exact) mass is 282 g/mol. The van der Waals surface area contributed by atoms with Crippen LogP contribution in [0.4, 0.5) is 0 Å². The molecule has 0 aliphatic carbocycles. The number of nitrogens with zero attached hydrogens (tertiary/aromatic N) is 1. The summed E-state index contributed by atoms with van der Waals surface area (Å²) in [5.41, 5.74) is 3.35. The Bertz CT molecular complexity index is 919. The quantitative estimate of drug-likeness (QED) is 0.758. The number of aromatic nitrogens is 2. The van der Waals surface area contributed by atoms with Gasteiger partial charge < -0.3 is 10.1 Å². The van der Waals surface area contributed by atoms with E-state index in [1.54, 1.807) is 12.1 Å². The first kappa shape index (κ1) is 13.2. The second-order valence-electron chi connectivity index (χ2n) is 5.06. The molecule has 0 bridgehead atoms. The zero-order valence-corrected chi connectivity index (χ0v) is 11.7. The van der Waals surface area contributed by atoms with Crippen molar-refractivity contribution in [1.29, 1.82) is 0 Å². The molecule has 0 radical (unpaired) electrons. The third-order valence-electron chi connectivity index (χ3n) is 3.53. The lowest BCUT2D eigenvalue weighted by Gasteiger charge is -2.09. The highest BCUT2D eigenvalue weighted by atomic mass is 16.4. The van der Waals surface area contributed by atoms with Crippen molar-refractivity contribution >= 4 is 17.0 Å². The summed E-state index contributed by atoms with van der Waals surface area (Å²) in [5, 5.41) is 9.35. The van der Waals surface area contributed by atoms with Crippen LogP contribution in [0.1, 0.15) is 21.5 Å². The highest BCUT2D eigenvalue weighted by molar-refractivity contribution is 6.01. The van der Waals surface area contributed by atoms with Crippen molar-refractivity contribution in [2.24, 2.45) is 0 Å². The van der Waals surface area contributed by atoms with Gasteiger partial charge in [-0.25, -0.2) is 9.59 Å². The molecule has 0 amide bonds. The van der Waals surface area contributed by atoms with Gasteiger partial charge in [-0.2, -0.15) is 0 Å². The molecule has 3 rings (SSSR count). The molecule has 0 saturated heterocycles. The van der Waals surface area contributed by atoms with Crippen LogP contribution in [0.5, 0.6) is 0 Å². The number of benzene rings is 2. The normalized spacial score (nSPS) is 11.0. The SMILES string of the molecule is Cc1ccc(-n2c(=O)[nH]c3cccc(C(=O)O)c32)c(C)c1. The van der Waals surface area contributed by atoms with E-state index >= 15 is 0 Å². The predicted molar refractivity (Wildman–Crippen MR) is 80.3 cm³/mol. The summed E-state index contributed by atoms with van der Waals surface area (Å²) in [4.78, 5) is 26.4. The first-order valence-electron chi connectivity index (χ1n) is 6.53. The van der Waals surface area contributed by atoms with E-state index < -0.39 is 5.97 Å². The van der Waals surface area contributed by atoms with Crippen molar-refractivity contribution in [3.8, 4) is 5.69 Å². The molecule has 1 heterocycles. The number of imidazole rings is 1. The fourth-order valence-electron chi connectivity index (χ4n) is 2.62. The Kier molecular flexibility index (Phi) is 2.90. The Labute approximate surface area is 120 Å². The minimum Gasteiger partial charge on any atom is -0.478 e. The van der Waals surface area contributed by atoms with Gasteiger partial charge in [0, 0.05) is 0 Å². The van der Waals surface area contributed by atoms with Crippen molar-refractivity contribution in [2.45, 2.75) is 13.8 Å². The number of carbonyl (C=O) groups is 1. The van der Waals surface area contributed by atoms with Crippen molar-refractivity contribution in [1.82, 2.24) is 9.55 Å². The number of hydrogen-bond acceptors (Lipinski definition) is 2. The molecule has 2 N–H and O–H groups in total. The van der Waals surface area contributed by atoms with Gasteiger partial charge >= 0.3 is 11.7 Å². The minimum atomic E-state index is -1.06. The number of carboxylic acid groups (broad SMARTS) is 1. The third kappa shape index (κ3) is 2.03. The molecule has 106 valence electrons. The summed E-state index contributed by atoms with van der Waals surface area (Å²) in [6, 6.07) is 10.5. The molecular formula is C16H14N2O3. The van der Waals surface area contributed by atoms with Crippen molar-refractivity contribution < 1.29 is 9.90 Å².